The Hall–Kier alpha value is -0.580. The van der Waals surface area contributed by atoms with Gasteiger partial charge >= 0.3 is 0 Å². The third kappa shape index (κ3) is 4.20. The van der Waals surface area contributed by atoms with E-state index in [0.29, 0.717) is 0 Å². The Balaban J connectivity index is 0.00000196. The SMILES string of the molecule is Cc1ccc(NC(=O)[C@@H](C)N)cc1Br.Cl. The van der Waals surface area contributed by atoms with E-state index < -0.39 is 6.04 Å². The number of rotatable bonds is 2. The highest BCUT2D eigenvalue weighted by Gasteiger charge is 2.07. The lowest BCUT2D eigenvalue weighted by atomic mass is 10.2. The second kappa shape index (κ2) is 6.10. The molecule has 3 nitrogen and oxygen atoms in total. The van der Waals surface area contributed by atoms with Crippen LogP contribution in [0.15, 0.2) is 22.7 Å². The third-order valence-corrected chi connectivity index (χ3v) is 2.71. The first-order valence-corrected chi connectivity index (χ1v) is 5.12. The van der Waals surface area contributed by atoms with Crippen molar-refractivity contribution >= 4 is 39.9 Å². The van der Waals surface area contributed by atoms with Gasteiger partial charge in [-0.3, -0.25) is 4.79 Å². The van der Waals surface area contributed by atoms with E-state index in [-0.39, 0.29) is 18.3 Å². The number of hydrogen-bond donors (Lipinski definition) is 2. The molecule has 0 bridgehead atoms. The fraction of sp³-hybridized carbons (Fsp3) is 0.300. The number of carbonyl (C=O) groups excluding carboxylic acids is 1. The predicted molar refractivity (Wildman–Crippen MR) is 68.4 cm³/mol. The van der Waals surface area contributed by atoms with Crippen LogP contribution in [-0.2, 0) is 4.79 Å². The van der Waals surface area contributed by atoms with Gasteiger partial charge in [-0.25, -0.2) is 0 Å². The zero-order valence-electron chi connectivity index (χ0n) is 8.58. The van der Waals surface area contributed by atoms with E-state index in [1.165, 1.54) is 0 Å². The van der Waals surface area contributed by atoms with Gasteiger partial charge in [-0.15, -0.1) is 12.4 Å². The van der Waals surface area contributed by atoms with Crippen LogP contribution in [0, 0.1) is 6.92 Å². The summed E-state index contributed by atoms with van der Waals surface area (Å²) in [7, 11) is 0. The van der Waals surface area contributed by atoms with E-state index >= 15 is 0 Å². The van der Waals surface area contributed by atoms with Crippen LogP contribution in [0.4, 0.5) is 5.69 Å². The molecule has 5 heteroatoms. The summed E-state index contributed by atoms with van der Waals surface area (Å²) in [6, 6.07) is 5.15. The van der Waals surface area contributed by atoms with Crippen molar-refractivity contribution in [2.75, 3.05) is 5.32 Å². The molecule has 0 aliphatic carbocycles. The van der Waals surface area contributed by atoms with Crippen molar-refractivity contribution in [3.05, 3.63) is 28.2 Å². The molecule has 1 aromatic rings. The lowest BCUT2D eigenvalue weighted by Crippen LogP contribution is -2.32. The second-order valence-electron chi connectivity index (χ2n) is 3.24. The molecule has 0 radical (unpaired) electrons. The van der Waals surface area contributed by atoms with Crippen molar-refractivity contribution in [3.8, 4) is 0 Å². The average Bonchev–Trinajstić information content (AvgIpc) is 2.11. The first-order valence-electron chi connectivity index (χ1n) is 4.33. The second-order valence-corrected chi connectivity index (χ2v) is 4.10. The number of halogens is 2. The topological polar surface area (TPSA) is 55.1 Å². The summed E-state index contributed by atoms with van der Waals surface area (Å²) >= 11 is 3.39. The first kappa shape index (κ1) is 14.4. The smallest absolute Gasteiger partial charge is 0.240 e. The Morgan fingerprint density at radius 3 is 2.60 bits per heavy atom. The van der Waals surface area contributed by atoms with Gasteiger partial charge < -0.3 is 11.1 Å². The Morgan fingerprint density at radius 1 is 1.53 bits per heavy atom. The fourth-order valence-electron chi connectivity index (χ4n) is 0.927. The number of hydrogen-bond acceptors (Lipinski definition) is 2. The number of nitrogens with two attached hydrogens (primary N) is 1. The summed E-state index contributed by atoms with van der Waals surface area (Å²) in [6.45, 7) is 3.64. The number of anilines is 1. The maximum atomic E-state index is 11.3. The standard InChI is InChI=1S/C10H13BrN2O.ClH/c1-6-3-4-8(5-9(6)11)13-10(14)7(2)12;/h3-5,7H,12H2,1-2H3,(H,13,14);1H/t7-;/m1./s1. The molecule has 1 amide bonds. The predicted octanol–water partition coefficient (Wildman–Crippen LogP) is 2.47. The largest absolute Gasteiger partial charge is 0.325 e. The molecular weight excluding hydrogens is 279 g/mol. The summed E-state index contributed by atoms with van der Waals surface area (Å²) < 4.78 is 0.972. The quantitative estimate of drug-likeness (QED) is 0.880. The van der Waals surface area contributed by atoms with Crippen molar-refractivity contribution < 1.29 is 4.79 Å². The van der Waals surface area contributed by atoms with Gasteiger partial charge in [-0.2, -0.15) is 0 Å². The molecule has 0 fully saturated rings. The fourth-order valence-corrected chi connectivity index (χ4v) is 1.31. The van der Waals surface area contributed by atoms with Crippen LogP contribution >= 0.6 is 28.3 Å². The van der Waals surface area contributed by atoms with Crippen LogP contribution in [0.1, 0.15) is 12.5 Å². The molecular formula is C10H14BrClN2O. The molecule has 0 aromatic heterocycles. The molecule has 0 saturated heterocycles. The number of nitrogens with one attached hydrogen (secondary N) is 1. The van der Waals surface area contributed by atoms with E-state index in [2.05, 4.69) is 21.2 Å². The third-order valence-electron chi connectivity index (χ3n) is 1.85. The molecule has 0 saturated carbocycles. The summed E-state index contributed by atoms with van der Waals surface area (Å²) in [5.41, 5.74) is 7.31. The minimum absolute atomic E-state index is 0. The van der Waals surface area contributed by atoms with E-state index in [1.807, 2.05) is 25.1 Å². The lowest BCUT2D eigenvalue weighted by molar-refractivity contribution is -0.117. The van der Waals surface area contributed by atoms with Crippen LogP contribution < -0.4 is 11.1 Å². The molecule has 1 atom stereocenters. The summed E-state index contributed by atoms with van der Waals surface area (Å²) in [5, 5.41) is 2.72. The van der Waals surface area contributed by atoms with Crippen molar-refractivity contribution in [1.82, 2.24) is 0 Å². The van der Waals surface area contributed by atoms with Gasteiger partial charge in [0.1, 0.15) is 0 Å². The Morgan fingerprint density at radius 2 is 2.13 bits per heavy atom. The van der Waals surface area contributed by atoms with Gasteiger partial charge in [0, 0.05) is 10.2 Å². The molecule has 84 valence electrons. The Bertz CT molecular complexity index is 355. The Kier molecular flexibility index (Phi) is 5.87. The maximum Gasteiger partial charge on any atom is 0.240 e. The highest BCUT2D eigenvalue weighted by Crippen LogP contribution is 2.20. The van der Waals surface area contributed by atoms with E-state index in [1.54, 1.807) is 6.92 Å². The molecule has 15 heavy (non-hydrogen) atoms. The maximum absolute atomic E-state index is 11.3. The first-order chi connectivity index (χ1) is 6.50. The van der Waals surface area contributed by atoms with Gasteiger partial charge in [0.25, 0.3) is 0 Å². The van der Waals surface area contributed by atoms with Gasteiger partial charge in [0.2, 0.25) is 5.91 Å². The highest BCUT2D eigenvalue weighted by atomic mass is 79.9. The number of benzene rings is 1. The van der Waals surface area contributed by atoms with Crippen LogP contribution in [-0.4, -0.2) is 11.9 Å². The molecule has 0 spiro atoms. The number of amides is 1. The van der Waals surface area contributed by atoms with Crippen molar-refractivity contribution in [3.63, 3.8) is 0 Å². The molecule has 1 aromatic carbocycles. The number of aryl methyl sites for hydroxylation is 1. The molecule has 0 heterocycles. The molecule has 0 aliphatic heterocycles. The van der Waals surface area contributed by atoms with Gasteiger partial charge in [0.05, 0.1) is 6.04 Å². The minimum atomic E-state index is -0.491. The lowest BCUT2D eigenvalue weighted by Gasteiger charge is -2.08. The van der Waals surface area contributed by atoms with Crippen molar-refractivity contribution in [1.29, 1.82) is 0 Å². The normalized spacial score (nSPS) is 11.5. The monoisotopic (exact) mass is 292 g/mol. The summed E-state index contributed by atoms with van der Waals surface area (Å²) in [6.07, 6.45) is 0. The van der Waals surface area contributed by atoms with Gasteiger partial charge in [-0.05, 0) is 31.5 Å². The summed E-state index contributed by atoms with van der Waals surface area (Å²) in [5.74, 6) is -0.180. The number of carbonyl (C=O) groups is 1. The van der Waals surface area contributed by atoms with E-state index in [9.17, 15) is 4.79 Å². The zero-order chi connectivity index (χ0) is 10.7. The average molecular weight is 294 g/mol. The van der Waals surface area contributed by atoms with Crippen molar-refractivity contribution in [2.24, 2.45) is 5.73 Å². The summed E-state index contributed by atoms with van der Waals surface area (Å²) in [4.78, 5) is 11.3. The van der Waals surface area contributed by atoms with Crippen molar-refractivity contribution in [2.45, 2.75) is 19.9 Å². The van der Waals surface area contributed by atoms with Crippen LogP contribution in [0.25, 0.3) is 0 Å². The van der Waals surface area contributed by atoms with Gasteiger partial charge in [0.15, 0.2) is 0 Å². The molecule has 0 aliphatic rings. The van der Waals surface area contributed by atoms with Crippen LogP contribution in [0.5, 0.6) is 0 Å². The van der Waals surface area contributed by atoms with Crippen LogP contribution in [0.3, 0.4) is 0 Å². The highest BCUT2D eigenvalue weighted by molar-refractivity contribution is 9.10. The van der Waals surface area contributed by atoms with Crippen LogP contribution in [0.2, 0.25) is 0 Å². The zero-order valence-corrected chi connectivity index (χ0v) is 11.0. The molecule has 0 unspecified atom stereocenters. The molecule has 3 N–H and O–H groups in total. The Labute approximate surface area is 104 Å². The van der Waals surface area contributed by atoms with Gasteiger partial charge in [-0.1, -0.05) is 22.0 Å². The molecule has 1 rings (SSSR count). The van der Waals surface area contributed by atoms with E-state index in [0.717, 1.165) is 15.7 Å². The van der Waals surface area contributed by atoms with E-state index in [4.69, 9.17) is 5.73 Å². The minimum Gasteiger partial charge on any atom is -0.325 e.